The van der Waals surface area contributed by atoms with Gasteiger partial charge in [-0.3, -0.25) is 4.90 Å². The molecule has 0 radical (unpaired) electrons. The first-order chi connectivity index (χ1) is 7.19. The van der Waals surface area contributed by atoms with Crippen LogP contribution in [0, 0.1) is 0 Å². The first-order valence-corrected chi connectivity index (χ1v) is 6.17. The Labute approximate surface area is 94.2 Å². The number of ether oxygens (including phenoxy) is 1. The van der Waals surface area contributed by atoms with Crippen molar-refractivity contribution < 1.29 is 4.74 Å². The van der Waals surface area contributed by atoms with Gasteiger partial charge < -0.3 is 10.1 Å². The Balaban J connectivity index is 2.43. The van der Waals surface area contributed by atoms with E-state index in [2.05, 4.69) is 31.0 Å². The minimum absolute atomic E-state index is 0.528. The number of likely N-dealkylation sites (N-methyl/N-ethyl adjacent to an activating group) is 1. The smallest absolute Gasteiger partial charge is 0.0615 e. The first-order valence-electron chi connectivity index (χ1n) is 6.17. The molecule has 3 unspecified atom stereocenters. The number of hydrogen-bond donors (Lipinski definition) is 1. The highest BCUT2D eigenvalue weighted by atomic mass is 16.5. The quantitative estimate of drug-likeness (QED) is 0.750. The van der Waals surface area contributed by atoms with Gasteiger partial charge in [-0.2, -0.15) is 0 Å². The molecule has 1 saturated heterocycles. The molecular weight excluding hydrogens is 188 g/mol. The van der Waals surface area contributed by atoms with Crippen LogP contribution in [0.25, 0.3) is 0 Å². The van der Waals surface area contributed by atoms with E-state index in [1.807, 2.05) is 0 Å². The monoisotopic (exact) mass is 214 g/mol. The second-order valence-electron chi connectivity index (χ2n) is 4.68. The Morgan fingerprint density at radius 3 is 2.67 bits per heavy atom. The molecule has 0 bridgehead atoms. The van der Waals surface area contributed by atoms with Crippen molar-refractivity contribution in [3.8, 4) is 0 Å². The molecule has 0 saturated carbocycles. The second kappa shape index (κ2) is 6.46. The topological polar surface area (TPSA) is 24.5 Å². The molecule has 3 atom stereocenters. The number of nitrogens with one attached hydrogen (secondary N) is 1. The molecule has 1 fully saturated rings. The molecule has 3 heteroatoms. The Kier molecular flexibility index (Phi) is 5.58. The van der Waals surface area contributed by atoms with Gasteiger partial charge in [0.15, 0.2) is 0 Å². The van der Waals surface area contributed by atoms with Crippen LogP contribution in [0.1, 0.15) is 33.6 Å². The fourth-order valence-corrected chi connectivity index (χ4v) is 2.53. The van der Waals surface area contributed by atoms with Crippen LogP contribution in [-0.2, 0) is 4.74 Å². The molecule has 3 nitrogen and oxygen atoms in total. The minimum atomic E-state index is 0.528. The van der Waals surface area contributed by atoms with Crippen molar-refractivity contribution >= 4 is 0 Å². The van der Waals surface area contributed by atoms with Gasteiger partial charge in [0.1, 0.15) is 0 Å². The summed E-state index contributed by atoms with van der Waals surface area (Å²) in [4.78, 5) is 2.56. The molecule has 0 aromatic heterocycles. The van der Waals surface area contributed by atoms with Gasteiger partial charge in [-0.15, -0.1) is 0 Å². The van der Waals surface area contributed by atoms with Gasteiger partial charge in [0.2, 0.25) is 0 Å². The molecule has 0 aromatic carbocycles. The third-order valence-corrected chi connectivity index (χ3v) is 3.44. The molecule has 1 rings (SSSR count). The van der Waals surface area contributed by atoms with Crippen molar-refractivity contribution in [2.24, 2.45) is 0 Å². The van der Waals surface area contributed by atoms with Crippen LogP contribution in [-0.4, -0.2) is 49.8 Å². The maximum Gasteiger partial charge on any atom is 0.0615 e. The minimum Gasteiger partial charge on any atom is -0.383 e. The van der Waals surface area contributed by atoms with E-state index in [0.717, 1.165) is 19.7 Å². The number of nitrogens with zero attached hydrogens (tertiary/aromatic N) is 1. The van der Waals surface area contributed by atoms with Crippen molar-refractivity contribution in [1.82, 2.24) is 10.2 Å². The van der Waals surface area contributed by atoms with Crippen molar-refractivity contribution in [2.75, 3.05) is 26.8 Å². The molecule has 15 heavy (non-hydrogen) atoms. The van der Waals surface area contributed by atoms with Crippen LogP contribution in [0.3, 0.4) is 0 Å². The lowest BCUT2D eigenvalue weighted by atomic mass is 9.99. The van der Waals surface area contributed by atoms with Gasteiger partial charge in [-0.1, -0.05) is 6.92 Å². The third-order valence-electron chi connectivity index (χ3n) is 3.44. The van der Waals surface area contributed by atoms with Crippen LogP contribution in [0.2, 0.25) is 0 Å². The van der Waals surface area contributed by atoms with E-state index in [4.69, 9.17) is 4.74 Å². The highest BCUT2D eigenvalue weighted by Gasteiger charge is 2.25. The maximum absolute atomic E-state index is 5.24. The molecule has 0 spiro atoms. The summed E-state index contributed by atoms with van der Waals surface area (Å²) in [5.41, 5.74) is 0. The standard InChI is InChI=1S/C12H26N2O/c1-5-14(11(3)9-15-4)12-7-6-10(2)13-8-12/h10-13H,5-9H2,1-4H3. The fourth-order valence-electron chi connectivity index (χ4n) is 2.53. The van der Waals surface area contributed by atoms with E-state index < -0.39 is 0 Å². The lowest BCUT2D eigenvalue weighted by molar-refractivity contribution is 0.0603. The Hall–Kier alpha value is -0.120. The van der Waals surface area contributed by atoms with Crippen LogP contribution in [0.5, 0.6) is 0 Å². The first kappa shape index (κ1) is 12.9. The van der Waals surface area contributed by atoms with Crippen LogP contribution < -0.4 is 5.32 Å². The largest absolute Gasteiger partial charge is 0.383 e. The van der Waals surface area contributed by atoms with Crippen molar-refractivity contribution in [3.05, 3.63) is 0 Å². The Morgan fingerprint density at radius 2 is 2.20 bits per heavy atom. The highest BCUT2D eigenvalue weighted by molar-refractivity contribution is 4.84. The number of rotatable bonds is 5. The summed E-state index contributed by atoms with van der Waals surface area (Å²) in [5, 5.41) is 3.56. The summed E-state index contributed by atoms with van der Waals surface area (Å²) in [6.45, 7) is 9.84. The zero-order valence-corrected chi connectivity index (χ0v) is 10.6. The van der Waals surface area contributed by atoms with Crippen LogP contribution in [0.15, 0.2) is 0 Å². The average molecular weight is 214 g/mol. The summed E-state index contributed by atoms with van der Waals surface area (Å²) < 4.78 is 5.24. The van der Waals surface area contributed by atoms with Crippen LogP contribution in [0.4, 0.5) is 0 Å². The SMILES string of the molecule is CCN(C(C)COC)C1CCC(C)NC1. The van der Waals surface area contributed by atoms with Gasteiger partial charge >= 0.3 is 0 Å². The van der Waals surface area contributed by atoms with E-state index in [9.17, 15) is 0 Å². The van der Waals surface area contributed by atoms with E-state index in [-0.39, 0.29) is 0 Å². The molecule has 0 amide bonds. The van der Waals surface area contributed by atoms with Crippen molar-refractivity contribution in [2.45, 2.75) is 51.7 Å². The summed E-state index contributed by atoms with van der Waals surface area (Å²) in [6, 6.07) is 1.91. The number of piperidine rings is 1. The zero-order valence-electron chi connectivity index (χ0n) is 10.6. The molecule has 1 aliphatic rings. The summed E-state index contributed by atoms with van der Waals surface area (Å²) in [7, 11) is 1.78. The number of hydrogen-bond acceptors (Lipinski definition) is 3. The summed E-state index contributed by atoms with van der Waals surface area (Å²) >= 11 is 0. The fraction of sp³-hybridized carbons (Fsp3) is 1.00. The molecule has 90 valence electrons. The normalized spacial score (nSPS) is 29.4. The van der Waals surface area contributed by atoms with E-state index >= 15 is 0 Å². The predicted octanol–water partition coefficient (Wildman–Crippen LogP) is 1.48. The Bertz CT molecular complexity index is 167. The molecule has 1 heterocycles. The van der Waals surface area contributed by atoms with E-state index in [1.54, 1.807) is 7.11 Å². The lowest BCUT2D eigenvalue weighted by Crippen LogP contribution is -2.52. The van der Waals surface area contributed by atoms with Gasteiger partial charge in [0.25, 0.3) is 0 Å². The van der Waals surface area contributed by atoms with Gasteiger partial charge in [0.05, 0.1) is 6.61 Å². The molecule has 1 aliphatic heterocycles. The molecule has 0 aliphatic carbocycles. The average Bonchev–Trinajstić information content (AvgIpc) is 2.22. The summed E-state index contributed by atoms with van der Waals surface area (Å²) in [5.74, 6) is 0. The number of methoxy groups -OCH3 is 1. The van der Waals surface area contributed by atoms with Gasteiger partial charge in [-0.05, 0) is 33.2 Å². The van der Waals surface area contributed by atoms with E-state index in [1.165, 1.54) is 12.8 Å². The molecule has 0 aromatic rings. The maximum atomic E-state index is 5.24. The predicted molar refractivity (Wildman–Crippen MR) is 64.2 cm³/mol. The zero-order chi connectivity index (χ0) is 11.3. The molecule has 1 N–H and O–H groups in total. The second-order valence-corrected chi connectivity index (χ2v) is 4.68. The van der Waals surface area contributed by atoms with E-state index in [0.29, 0.717) is 18.1 Å². The molecular formula is C12H26N2O. The van der Waals surface area contributed by atoms with Gasteiger partial charge in [0, 0.05) is 31.8 Å². The third kappa shape index (κ3) is 3.74. The summed E-state index contributed by atoms with van der Waals surface area (Å²) in [6.07, 6.45) is 2.61. The lowest BCUT2D eigenvalue weighted by Gasteiger charge is -2.39. The Morgan fingerprint density at radius 1 is 1.47 bits per heavy atom. The highest BCUT2D eigenvalue weighted by Crippen LogP contribution is 2.16. The van der Waals surface area contributed by atoms with Crippen LogP contribution >= 0.6 is 0 Å². The van der Waals surface area contributed by atoms with Crippen molar-refractivity contribution in [3.63, 3.8) is 0 Å². The van der Waals surface area contributed by atoms with Crippen molar-refractivity contribution in [1.29, 1.82) is 0 Å². The van der Waals surface area contributed by atoms with Gasteiger partial charge in [-0.25, -0.2) is 0 Å².